The van der Waals surface area contributed by atoms with Gasteiger partial charge in [0.1, 0.15) is 0 Å². The Morgan fingerprint density at radius 2 is 1.50 bits per heavy atom. The van der Waals surface area contributed by atoms with E-state index in [1.807, 2.05) is 0 Å². The van der Waals surface area contributed by atoms with E-state index in [1.54, 1.807) is 0 Å². The average Bonchev–Trinajstić information content (AvgIpc) is 2.26. The predicted octanol–water partition coefficient (Wildman–Crippen LogP) is 0.759. The van der Waals surface area contributed by atoms with Gasteiger partial charge in [0.2, 0.25) is 0 Å². The van der Waals surface area contributed by atoms with Crippen LogP contribution in [0.4, 0.5) is 0 Å². The van der Waals surface area contributed by atoms with E-state index >= 15 is 0 Å². The monoisotopic (exact) mass is 285 g/mol. The number of hydrogen-bond acceptors (Lipinski definition) is 4. The summed E-state index contributed by atoms with van der Waals surface area (Å²) in [6.45, 7) is 2.20. The Labute approximate surface area is 153 Å². The summed E-state index contributed by atoms with van der Waals surface area (Å²) in [4.78, 5) is 24.4. The van der Waals surface area contributed by atoms with Gasteiger partial charge in [-0.2, -0.15) is 0 Å². The molecule has 0 aliphatic rings. The van der Waals surface area contributed by atoms with Crippen molar-refractivity contribution < 1.29 is 67.5 Å². The molecule has 0 unspecified atom stereocenters. The summed E-state index contributed by atoms with van der Waals surface area (Å²) in [5, 5.41) is 8.79. The Hall–Kier alpha value is 0.506. The van der Waals surface area contributed by atoms with E-state index in [-0.39, 0.29) is 59.2 Å². The Bertz CT molecular complexity index is 230. The molecule has 0 radical (unpaired) electrons. The third-order valence-electron chi connectivity index (χ3n) is 2.66. The molecule has 0 aliphatic heterocycles. The molecule has 0 fully saturated rings. The molecule has 0 atom stereocenters. The summed E-state index contributed by atoms with van der Waals surface area (Å²) < 4.78 is 0. The molecular formula is C12H24KNO4. The topological polar surface area (TPSA) is 69.4 Å². The zero-order valence-electron chi connectivity index (χ0n) is 12.7. The minimum Gasteiger partial charge on any atom is -1.00 e. The van der Waals surface area contributed by atoms with Gasteiger partial charge < -0.3 is 1.43 Å². The first-order chi connectivity index (χ1) is 8.16. The molecule has 0 aliphatic carbocycles. The number of carbonyl (C=O) groups excluding carboxylic acids is 1. The smallest absolute Gasteiger partial charge is 1.00 e. The summed E-state index contributed by atoms with van der Waals surface area (Å²) in [6, 6.07) is 0. The zero-order chi connectivity index (χ0) is 12.9. The first-order valence-electron chi connectivity index (χ1n) is 6.52. The van der Waals surface area contributed by atoms with E-state index in [9.17, 15) is 14.9 Å². The van der Waals surface area contributed by atoms with Crippen LogP contribution >= 0.6 is 0 Å². The van der Waals surface area contributed by atoms with Crippen molar-refractivity contribution in [3.63, 3.8) is 0 Å². The number of carbonyl (C=O) groups is 1. The van der Waals surface area contributed by atoms with Gasteiger partial charge in [0.15, 0.2) is 0 Å². The van der Waals surface area contributed by atoms with E-state index in [0.29, 0.717) is 6.42 Å². The van der Waals surface area contributed by atoms with Crippen LogP contribution in [0, 0.1) is 10.1 Å². The quantitative estimate of drug-likeness (QED) is 0.243. The first kappa shape index (κ1) is 20.8. The fraction of sp³-hybridized carbons (Fsp3) is 0.917. The van der Waals surface area contributed by atoms with Crippen LogP contribution in [0.3, 0.4) is 0 Å². The molecule has 0 amide bonds. The summed E-state index contributed by atoms with van der Waals surface area (Å²) in [7, 11) is 0. The van der Waals surface area contributed by atoms with Crippen molar-refractivity contribution in [1.29, 1.82) is 0 Å². The van der Waals surface area contributed by atoms with Crippen LogP contribution < -0.4 is 51.4 Å². The number of hydrogen-bond donors (Lipinski definition) is 0. The third-order valence-corrected chi connectivity index (χ3v) is 2.66. The Morgan fingerprint density at radius 3 is 1.94 bits per heavy atom. The fourth-order valence-corrected chi connectivity index (χ4v) is 1.71. The van der Waals surface area contributed by atoms with Crippen LogP contribution in [0.15, 0.2) is 0 Å². The third kappa shape index (κ3) is 16.5. The van der Waals surface area contributed by atoms with E-state index in [1.165, 1.54) is 38.5 Å². The number of nitrogens with zero attached hydrogens (tertiary/aromatic N) is 1. The molecule has 0 N–H and O–H groups in total. The summed E-state index contributed by atoms with van der Waals surface area (Å²) >= 11 is 0. The van der Waals surface area contributed by atoms with Crippen LogP contribution in [0.5, 0.6) is 0 Å². The van der Waals surface area contributed by atoms with Crippen molar-refractivity contribution in [2.24, 2.45) is 0 Å². The molecule has 0 aromatic carbocycles. The maximum absolute atomic E-state index is 10.8. The van der Waals surface area contributed by atoms with Gasteiger partial charge in [0.25, 0.3) is 0 Å². The van der Waals surface area contributed by atoms with E-state index in [0.717, 1.165) is 12.8 Å². The van der Waals surface area contributed by atoms with Crippen LogP contribution in [0.1, 0.15) is 72.6 Å². The minimum absolute atomic E-state index is 0. The van der Waals surface area contributed by atoms with Gasteiger partial charge in [-0.3, -0.25) is 4.79 Å². The van der Waals surface area contributed by atoms with Crippen molar-refractivity contribution in [2.75, 3.05) is 0 Å². The van der Waals surface area contributed by atoms with Gasteiger partial charge in [-0.1, -0.05) is 58.3 Å². The normalized spacial score (nSPS) is 9.61. The Balaban J connectivity index is -0.00000128. The Morgan fingerprint density at radius 1 is 1.06 bits per heavy atom. The molecule has 18 heavy (non-hydrogen) atoms. The standard InChI is InChI=1S/C12H23NO4.K.H/c1-2-3-4-5-6-7-8-9-10-11-12(14)17-13(15)16;;/h2-11H2,1H3;;/q;+1;-1. The number of unbranched alkanes of at least 4 members (excludes halogenated alkanes) is 8. The second kappa shape index (κ2) is 15.6. The molecule has 0 spiro atoms. The summed E-state index contributed by atoms with van der Waals surface area (Å²) in [6.07, 6.45) is 10.5. The first-order valence-corrected chi connectivity index (χ1v) is 6.52. The van der Waals surface area contributed by atoms with E-state index in [4.69, 9.17) is 0 Å². The predicted molar refractivity (Wildman–Crippen MR) is 66.0 cm³/mol. The minimum atomic E-state index is -1.05. The van der Waals surface area contributed by atoms with Crippen LogP contribution in [-0.4, -0.2) is 11.1 Å². The van der Waals surface area contributed by atoms with Crippen LogP contribution in [0.2, 0.25) is 0 Å². The molecule has 0 saturated carbocycles. The molecular weight excluding hydrogens is 261 g/mol. The molecule has 0 aromatic heterocycles. The van der Waals surface area contributed by atoms with Crippen molar-refractivity contribution in [3.8, 4) is 0 Å². The zero-order valence-corrected chi connectivity index (χ0v) is 14.8. The maximum atomic E-state index is 10.8. The fourth-order valence-electron chi connectivity index (χ4n) is 1.71. The molecule has 6 heteroatoms. The molecule has 0 saturated heterocycles. The molecule has 0 rings (SSSR count). The van der Waals surface area contributed by atoms with Gasteiger partial charge in [0, 0.05) is 6.42 Å². The van der Waals surface area contributed by atoms with E-state index in [2.05, 4.69) is 11.8 Å². The van der Waals surface area contributed by atoms with Crippen LogP contribution in [0.25, 0.3) is 0 Å². The van der Waals surface area contributed by atoms with Gasteiger partial charge >= 0.3 is 62.4 Å². The molecule has 0 aromatic rings. The van der Waals surface area contributed by atoms with Crippen molar-refractivity contribution in [1.82, 2.24) is 0 Å². The van der Waals surface area contributed by atoms with Gasteiger partial charge in [-0.05, 0) is 6.42 Å². The second-order valence-corrected chi connectivity index (χ2v) is 4.27. The molecule has 0 heterocycles. The Kier molecular flexibility index (Phi) is 18.0. The maximum Gasteiger partial charge on any atom is 1.00 e. The van der Waals surface area contributed by atoms with Gasteiger partial charge in [-0.25, -0.2) is 4.84 Å². The van der Waals surface area contributed by atoms with Crippen molar-refractivity contribution >= 4 is 5.97 Å². The summed E-state index contributed by atoms with van der Waals surface area (Å²) in [5.74, 6) is -0.738. The van der Waals surface area contributed by atoms with E-state index < -0.39 is 11.1 Å². The summed E-state index contributed by atoms with van der Waals surface area (Å²) in [5.41, 5.74) is 0. The van der Waals surface area contributed by atoms with Crippen molar-refractivity contribution in [2.45, 2.75) is 71.1 Å². The number of rotatable bonds is 11. The SMILES string of the molecule is CCCCCCCCCCCC(=O)O[N+](=O)[O-].[H-].[K+]. The van der Waals surface area contributed by atoms with Gasteiger partial charge in [0.05, 0.1) is 0 Å². The molecule has 5 nitrogen and oxygen atoms in total. The molecule has 0 bridgehead atoms. The van der Waals surface area contributed by atoms with Crippen molar-refractivity contribution in [3.05, 3.63) is 10.1 Å². The average molecular weight is 285 g/mol. The largest absolute Gasteiger partial charge is 1.00 e. The molecule has 102 valence electrons. The second-order valence-electron chi connectivity index (χ2n) is 4.27. The van der Waals surface area contributed by atoms with Crippen LogP contribution in [-0.2, 0) is 9.63 Å². The van der Waals surface area contributed by atoms with Gasteiger partial charge in [-0.15, -0.1) is 10.1 Å².